The highest BCUT2D eigenvalue weighted by Gasteiger charge is 2.30. The molecule has 0 aromatic carbocycles. The van der Waals surface area contributed by atoms with E-state index < -0.39 is 0 Å². The largest absolute Gasteiger partial charge is 0.335 e. The Morgan fingerprint density at radius 2 is 2.04 bits per heavy atom. The number of hydrogen-bond acceptors (Lipinski definition) is 7. The van der Waals surface area contributed by atoms with Crippen LogP contribution in [0, 0.1) is 6.92 Å². The first-order chi connectivity index (χ1) is 13.7. The molecule has 1 saturated heterocycles. The number of rotatable bonds is 4. The Hall–Kier alpha value is -1.84. The highest BCUT2D eigenvalue weighted by Crippen LogP contribution is 2.22. The molecule has 0 spiro atoms. The number of nitrogens with zero attached hydrogens (tertiary/aromatic N) is 4. The molecule has 3 aliphatic rings. The van der Waals surface area contributed by atoms with Crippen molar-refractivity contribution in [3.05, 3.63) is 29.6 Å². The van der Waals surface area contributed by atoms with E-state index >= 15 is 0 Å². The van der Waals surface area contributed by atoms with E-state index in [4.69, 9.17) is 0 Å². The summed E-state index contributed by atoms with van der Waals surface area (Å²) in [5, 5.41) is 10.9. The van der Waals surface area contributed by atoms with Crippen LogP contribution in [0.15, 0.2) is 23.3 Å². The molecule has 28 heavy (non-hydrogen) atoms. The van der Waals surface area contributed by atoms with Crippen LogP contribution in [0.4, 0.5) is 4.79 Å². The van der Waals surface area contributed by atoms with Crippen LogP contribution >= 0.6 is 11.8 Å². The molecule has 1 saturated carbocycles. The molecule has 9 heteroatoms. The highest BCUT2D eigenvalue weighted by atomic mass is 32.2. The zero-order chi connectivity index (χ0) is 19.3. The van der Waals surface area contributed by atoms with Gasteiger partial charge in [-0.2, -0.15) is 5.10 Å². The Morgan fingerprint density at radius 1 is 1.25 bits per heavy atom. The average molecular weight is 404 g/mol. The first kappa shape index (κ1) is 19.5. The predicted molar refractivity (Wildman–Crippen MR) is 112 cm³/mol. The molecule has 2 fully saturated rings. The number of piperazine rings is 1. The van der Waals surface area contributed by atoms with Gasteiger partial charge in [-0.15, -0.1) is 0 Å². The van der Waals surface area contributed by atoms with Gasteiger partial charge in [0.15, 0.2) is 10.7 Å². The minimum Gasteiger partial charge on any atom is -0.335 e. The van der Waals surface area contributed by atoms with Crippen molar-refractivity contribution in [1.29, 1.82) is 0 Å². The number of aryl methyl sites for hydroxylation is 1. The second-order valence-corrected chi connectivity index (χ2v) is 8.75. The van der Waals surface area contributed by atoms with Crippen molar-refractivity contribution in [3.8, 4) is 0 Å². The second kappa shape index (κ2) is 9.11. The lowest BCUT2D eigenvalue weighted by atomic mass is 10.2. The van der Waals surface area contributed by atoms with Gasteiger partial charge in [0.05, 0.1) is 5.69 Å². The number of pyridine rings is 1. The van der Waals surface area contributed by atoms with Crippen molar-refractivity contribution < 1.29 is 4.79 Å². The number of nitrogens with one attached hydrogen (secondary N) is 3. The Labute approximate surface area is 170 Å². The second-order valence-electron chi connectivity index (χ2n) is 7.68. The SMILES string of the molecule is Cc1cccc(CN2CCN(C3NN=C(NC(=O)NC4CCCC4)S3)CC2)n1. The molecular weight excluding hydrogens is 374 g/mol. The van der Waals surface area contributed by atoms with Crippen LogP contribution in [0.2, 0.25) is 0 Å². The van der Waals surface area contributed by atoms with Gasteiger partial charge in [0, 0.05) is 44.5 Å². The van der Waals surface area contributed by atoms with Crippen LogP contribution in [0.1, 0.15) is 37.1 Å². The summed E-state index contributed by atoms with van der Waals surface area (Å²) in [5.41, 5.74) is 5.43. The summed E-state index contributed by atoms with van der Waals surface area (Å²) in [7, 11) is 0. The minimum atomic E-state index is -0.143. The number of urea groups is 1. The van der Waals surface area contributed by atoms with Crippen LogP contribution in [0.3, 0.4) is 0 Å². The molecule has 2 amide bonds. The van der Waals surface area contributed by atoms with Gasteiger partial charge in [-0.05, 0) is 43.7 Å². The minimum absolute atomic E-state index is 0.0843. The molecule has 8 nitrogen and oxygen atoms in total. The van der Waals surface area contributed by atoms with Crippen molar-refractivity contribution in [3.63, 3.8) is 0 Å². The summed E-state index contributed by atoms with van der Waals surface area (Å²) in [6, 6.07) is 6.37. The summed E-state index contributed by atoms with van der Waals surface area (Å²) < 4.78 is 0. The fraction of sp³-hybridized carbons (Fsp3) is 0.632. The number of hydrazone groups is 1. The summed E-state index contributed by atoms with van der Waals surface area (Å²) >= 11 is 1.57. The van der Waals surface area contributed by atoms with Crippen molar-refractivity contribution in [1.82, 2.24) is 30.8 Å². The van der Waals surface area contributed by atoms with Crippen molar-refractivity contribution in [2.24, 2.45) is 5.10 Å². The number of aromatic nitrogens is 1. The lowest BCUT2D eigenvalue weighted by molar-refractivity contribution is 0.110. The lowest BCUT2D eigenvalue weighted by Crippen LogP contribution is -2.51. The van der Waals surface area contributed by atoms with Gasteiger partial charge >= 0.3 is 6.03 Å². The van der Waals surface area contributed by atoms with E-state index in [1.165, 1.54) is 12.8 Å². The number of carbonyl (C=O) groups excluding carboxylic acids is 1. The summed E-state index contributed by atoms with van der Waals surface area (Å²) in [4.78, 5) is 21.5. The zero-order valence-corrected chi connectivity index (χ0v) is 17.2. The normalized spacial score (nSPS) is 24.0. The third kappa shape index (κ3) is 5.15. The third-order valence-electron chi connectivity index (χ3n) is 5.48. The number of thioether (sulfide) groups is 1. The van der Waals surface area contributed by atoms with Crippen LogP contribution in [-0.2, 0) is 6.54 Å². The Kier molecular flexibility index (Phi) is 6.33. The smallest absolute Gasteiger partial charge is 0.321 e. The first-order valence-electron chi connectivity index (χ1n) is 10.1. The van der Waals surface area contributed by atoms with Crippen LogP contribution in [-0.4, -0.2) is 63.7 Å². The fourth-order valence-corrected chi connectivity index (χ4v) is 4.88. The standard InChI is InChI=1S/C19H29N7OS/c1-14-5-4-8-16(20-14)13-25-9-11-26(12-10-25)19-24-23-18(28-19)22-17(27)21-15-6-2-3-7-15/h4-5,8,15,19,24H,2-3,6-7,9-13H2,1H3,(H2,21,22,23,27). The molecule has 1 atom stereocenters. The average Bonchev–Trinajstić information content (AvgIpc) is 3.35. The quantitative estimate of drug-likeness (QED) is 0.709. The molecule has 0 bridgehead atoms. The van der Waals surface area contributed by atoms with Gasteiger partial charge in [-0.1, -0.05) is 18.9 Å². The fourth-order valence-electron chi connectivity index (χ4n) is 3.95. The summed E-state index contributed by atoms with van der Waals surface area (Å²) in [6.07, 6.45) is 4.57. The van der Waals surface area contributed by atoms with E-state index in [0.717, 1.165) is 57.0 Å². The molecular formula is C19H29N7OS. The topological polar surface area (TPSA) is 84.9 Å². The van der Waals surface area contributed by atoms with Gasteiger partial charge in [0.2, 0.25) is 0 Å². The van der Waals surface area contributed by atoms with Crippen molar-refractivity contribution in [2.75, 3.05) is 26.2 Å². The third-order valence-corrected chi connectivity index (χ3v) is 6.52. The lowest BCUT2D eigenvalue weighted by Gasteiger charge is -2.36. The first-order valence-corrected chi connectivity index (χ1v) is 11.0. The van der Waals surface area contributed by atoms with Gasteiger partial charge in [0.25, 0.3) is 0 Å². The maximum atomic E-state index is 12.1. The summed E-state index contributed by atoms with van der Waals surface area (Å²) in [6.45, 7) is 6.86. The van der Waals surface area contributed by atoms with E-state index in [9.17, 15) is 4.79 Å². The van der Waals surface area contributed by atoms with Crippen molar-refractivity contribution in [2.45, 2.75) is 50.7 Å². The molecule has 152 valence electrons. The van der Waals surface area contributed by atoms with Gasteiger partial charge in [-0.3, -0.25) is 25.5 Å². The number of carbonyl (C=O) groups is 1. The molecule has 3 N–H and O–H groups in total. The monoisotopic (exact) mass is 403 g/mol. The molecule has 0 radical (unpaired) electrons. The van der Waals surface area contributed by atoms with E-state index in [1.807, 2.05) is 13.0 Å². The maximum Gasteiger partial charge on any atom is 0.321 e. The molecule has 1 aromatic heterocycles. The van der Waals surface area contributed by atoms with Crippen LogP contribution < -0.4 is 16.1 Å². The Bertz CT molecular complexity index is 714. The van der Waals surface area contributed by atoms with Gasteiger partial charge in [-0.25, -0.2) is 4.79 Å². The van der Waals surface area contributed by atoms with E-state index in [2.05, 4.69) is 48.1 Å². The highest BCUT2D eigenvalue weighted by molar-refractivity contribution is 8.14. The zero-order valence-electron chi connectivity index (χ0n) is 16.4. The Balaban J connectivity index is 1.18. The maximum absolute atomic E-state index is 12.1. The number of amidine groups is 1. The number of hydrogen-bond donors (Lipinski definition) is 3. The Morgan fingerprint density at radius 3 is 2.79 bits per heavy atom. The molecule has 1 unspecified atom stereocenters. The van der Waals surface area contributed by atoms with Crippen molar-refractivity contribution >= 4 is 23.0 Å². The predicted octanol–water partition coefficient (Wildman–Crippen LogP) is 1.64. The molecule has 1 aromatic rings. The number of amides is 2. The van der Waals surface area contributed by atoms with E-state index in [-0.39, 0.29) is 11.5 Å². The molecule has 4 rings (SSSR count). The van der Waals surface area contributed by atoms with E-state index in [1.54, 1.807) is 11.8 Å². The van der Waals surface area contributed by atoms with Crippen LogP contribution in [0.5, 0.6) is 0 Å². The summed E-state index contributed by atoms with van der Waals surface area (Å²) in [5.74, 6) is 0. The van der Waals surface area contributed by atoms with E-state index in [0.29, 0.717) is 11.2 Å². The van der Waals surface area contributed by atoms with Gasteiger partial charge < -0.3 is 5.32 Å². The molecule has 3 heterocycles. The van der Waals surface area contributed by atoms with Gasteiger partial charge in [0.1, 0.15) is 0 Å². The molecule has 2 aliphatic heterocycles. The van der Waals surface area contributed by atoms with Crippen LogP contribution in [0.25, 0.3) is 0 Å². The molecule has 1 aliphatic carbocycles.